The van der Waals surface area contributed by atoms with Crippen molar-refractivity contribution in [2.75, 3.05) is 14.7 Å². The van der Waals surface area contributed by atoms with E-state index in [0.717, 1.165) is 34.6 Å². The fraction of sp³-hybridized carbons (Fsp3) is 0.130. The lowest BCUT2D eigenvalue weighted by Crippen LogP contribution is -2.47. The average Bonchev–Trinajstić information content (AvgIpc) is 3.42. The zero-order valence-corrected chi connectivity index (χ0v) is 41.8. The number of fused-ring (bicyclic) bond motifs is 5. The molecule has 0 spiro atoms. The Morgan fingerprint density at radius 1 is 0.528 bits per heavy atom. The van der Waals surface area contributed by atoms with Crippen molar-refractivity contribution in [1.29, 1.82) is 0 Å². The van der Waals surface area contributed by atoms with Crippen molar-refractivity contribution < 1.29 is 0 Å². The van der Waals surface area contributed by atoms with Crippen molar-refractivity contribution in [3.8, 4) is 22.3 Å². The van der Waals surface area contributed by atoms with E-state index in [2.05, 4.69) is 286 Å². The highest BCUT2D eigenvalue weighted by Gasteiger charge is 2.50. The van der Waals surface area contributed by atoms with E-state index < -0.39 is 5.41 Å². The van der Waals surface area contributed by atoms with Gasteiger partial charge in [0.2, 0.25) is 0 Å². The number of nitrogens with zero attached hydrogens (tertiary/aromatic N) is 3. The van der Waals surface area contributed by atoms with Gasteiger partial charge in [-0.05, 0) is 129 Å². The number of hydrogen-bond acceptors (Lipinski definition) is 3. The maximum absolute atomic E-state index is 4.38. The largest absolute Gasteiger partial charge is 0.334 e. The van der Waals surface area contributed by atoms with Crippen molar-refractivity contribution in [2.24, 2.45) is 0 Å². The van der Waals surface area contributed by atoms with Crippen LogP contribution in [0.4, 0.5) is 39.8 Å². The van der Waals surface area contributed by atoms with Crippen LogP contribution in [-0.2, 0) is 10.8 Å². The molecule has 0 amide bonds. The molecule has 0 radical (unpaired) electrons. The topological polar surface area (TPSA) is 9.72 Å². The Kier molecular flexibility index (Phi) is 11.1. The molecule has 9 aromatic rings. The normalized spacial score (nSPS) is 16.2. The molecular formula is C69H59N3. The molecule has 0 saturated carbocycles. The molecule has 72 heavy (non-hydrogen) atoms. The van der Waals surface area contributed by atoms with Crippen molar-refractivity contribution in [3.63, 3.8) is 0 Å². The Morgan fingerprint density at radius 3 is 1.79 bits per heavy atom. The summed E-state index contributed by atoms with van der Waals surface area (Å²) in [6.07, 6.45) is 9.79. The number of hydrogen-bond donors (Lipinski definition) is 0. The molecule has 3 nitrogen and oxygen atoms in total. The van der Waals surface area contributed by atoms with E-state index in [1.165, 1.54) is 83.7 Å². The van der Waals surface area contributed by atoms with Crippen molar-refractivity contribution in [1.82, 2.24) is 0 Å². The van der Waals surface area contributed by atoms with Gasteiger partial charge in [0.1, 0.15) is 0 Å². The van der Waals surface area contributed by atoms with Gasteiger partial charge >= 0.3 is 0 Å². The molecule has 3 aliphatic rings. The Bertz CT molecular complexity index is 3630. The van der Waals surface area contributed by atoms with Gasteiger partial charge in [-0.25, -0.2) is 0 Å². The number of allylic oxidation sites excluding steroid dienone is 2. The lowest BCUT2D eigenvalue weighted by Gasteiger charge is -2.54. The van der Waals surface area contributed by atoms with Gasteiger partial charge in [-0.1, -0.05) is 210 Å². The van der Waals surface area contributed by atoms with Crippen LogP contribution in [0.15, 0.2) is 248 Å². The summed E-state index contributed by atoms with van der Waals surface area (Å²) in [6.45, 7) is 16.3. The minimum atomic E-state index is -0.401. The standard InChI is InChI=1S/C69H59N3/c1-7-21-51-27-19-32-63(57(51)8-2)70(53-38-34-49(35-39-53)47-22-11-9-12-23-47)55-42-43-66-60(44-55)69(5,6)62-46-56(45-61-67(62)72(66)65-31-18-17-30-59(65)68(61,3)4)71(64-33-20-28-52-26-15-16-29-58(52)64)54-40-36-50(37-41-54)48-24-13-10-14-25-48/h7-44,46,56H,2,45H2,1,3-6H3/b21-7-. The smallest absolute Gasteiger partial charge is 0.0567 e. The first-order valence-electron chi connectivity index (χ1n) is 25.4. The number of anilines is 7. The molecular weight excluding hydrogens is 871 g/mol. The van der Waals surface area contributed by atoms with Crippen molar-refractivity contribution in [3.05, 3.63) is 270 Å². The lowest BCUT2D eigenvalue weighted by molar-refractivity contribution is 0.515. The van der Waals surface area contributed by atoms with Gasteiger partial charge in [0.05, 0.1) is 28.8 Å². The summed E-state index contributed by atoms with van der Waals surface area (Å²) in [5, 5.41) is 2.48. The van der Waals surface area contributed by atoms with Crippen LogP contribution in [0.25, 0.3) is 45.2 Å². The van der Waals surface area contributed by atoms with E-state index in [9.17, 15) is 0 Å². The second-order valence-corrected chi connectivity index (χ2v) is 20.5. The lowest BCUT2D eigenvalue weighted by atomic mass is 9.62. The summed E-state index contributed by atoms with van der Waals surface area (Å²) < 4.78 is 0. The molecule has 9 aromatic carbocycles. The summed E-state index contributed by atoms with van der Waals surface area (Å²) in [6, 6.07) is 78.2. The van der Waals surface area contributed by atoms with Crippen molar-refractivity contribution in [2.45, 2.75) is 57.9 Å². The summed E-state index contributed by atoms with van der Waals surface area (Å²) >= 11 is 0. The molecule has 1 aliphatic carbocycles. The molecule has 1 atom stereocenters. The third kappa shape index (κ3) is 7.34. The Hall–Kier alpha value is -8.40. The molecule has 2 aliphatic heterocycles. The molecule has 350 valence electrons. The predicted octanol–water partition coefficient (Wildman–Crippen LogP) is 18.8. The molecule has 0 N–H and O–H groups in total. The monoisotopic (exact) mass is 929 g/mol. The highest BCUT2D eigenvalue weighted by atomic mass is 15.2. The minimum absolute atomic E-state index is 0.00617. The maximum atomic E-state index is 4.38. The van der Waals surface area contributed by atoms with Crippen LogP contribution in [0.1, 0.15) is 63.3 Å². The van der Waals surface area contributed by atoms with Gasteiger partial charge in [0.15, 0.2) is 0 Å². The third-order valence-corrected chi connectivity index (χ3v) is 15.7. The number of rotatable bonds is 10. The zero-order valence-electron chi connectivity index (χ0n) is 41.8. The Morgan fingerprint density at radius 2 is 1.10 bits per heavy atom. The van der Waals surface area contributed by atoms with Crippen LogP contribution in [0.3, 0.4) is 0 Å². The second kappa shape index (κ2) is 17.8. The third-order valence-electron chi connectivity index (χ3n) is 15.7. The fourth-order valence-corrected chi connectivity index (χ4v) is 12.1. The first-order chi connectivity index (χ1) is 35.1. The van der Waals surface area contributed by atoms with E-state index in [1.54, 1.807) is 0 Å². The van der Waals surface area contributed by atoms with E-state index >= 15 is 0 Å². The van der Waals surface area contributed by atoms with Gasteiger partial charge in [-0.15, -0.1) is 0 Å². The summed E-state index contributed by atoms with van der Waals surface area (Å²) in [5.41, 5.74) is 21.3. The molecule has 3 heteroatoms. The van der Waals surface area contributed by atoms with Crippen LogP contribution >= 0.6 is 0 Å². The maximum Gasteiger partial charge on any atom is 0.0567 e. The molecule has 0 fully saturated rings. The van der Waals surface area contributed by atoms with Crippen molar-refractivity contribution >= 4 is 62.7 Å². The van der Waals surface area contributed by atoms with Crippen LogP contribution in [0, 0.1) is 0 Å². The quantitative estimate of drug-likeness (QED) is 0.135. The fourth-order valence-electron chi connectivity index (χ4n) is 12.1. The highest BCUT2D eigenvalue weighted by Crippen LogP contribution is 2.61. The summed E-state index contributed by atoms with van der Waals surface area (Å²) in [7, 11) is 0. The Balaban J connectivity index is 1.07. The minimum Gasteiger partial charge on any atom is -0.334 e. The van der Waals surface area contributed by atoms with Crippen LogP contribution in [0.2, 0.25) is 0 Å². The SMILES string of the molecule is C=Cc1c(/C=C\C)cccc1N(c1ccc(-c2ccccc2)cc1)c1ccc2c(c1)C(C)(C)C1=CC(N(c3ccc(-c4ccccc4)cc3)c3cccc4ccccc34)CC3=C1N2c1ccccc1C3(C)C. The summed E-state index contributed by atoms with van der Waals surface area (Å²) in [5.74, 6) is 0. The van der Waals surface area contributed by atoms with Crippen LogP contribution in [0.5, 0.6) is 0 Å². The van der Waals surface area contributed by atoms with Gasteiger partial charge in [-0.2, -0.15) is 0 Å². The van der Waals surface area contributed by atoms with E-state index in [0.29, 0.717) is 0 Å². The first-order valence-corrected chi connectivity index (χ1v) is 25.4. The summed E-state index contributed by atoms with van der Waals surface area (Å²) in [4.78, 5) is 7.67. The second-order valence-electron chi connectivity index (χ2n) is 20.5. The number of benzene rings is 9. The highest BCUT2D eigenvalue weighted by molar-refractivity contribution is 5.97. The average molecular weight is 930 g/mol. The molecule has 12 rings (SSSR count). The van der Waals surface area contributed by atoms with Crippen LogP contribution in [-0.4, -0.2) is 6.04 Å². The molecule has 1 unspecified atom stereocenters. The van der Waals surface area contributed by atoms with Gasteiger partial charge in [0.25, 0.3) is 0 Å². The number of para-hydroxylation sites is 1. The molecule has 0 saturated heterocycles. The van der Waals surface area contributed by atoms with E-state index in [-0.39, 0.29) is 11.5 Å². The first kappa shape index (κ1) is 44.8. The molecule has 0 bridgehead atoms. The van der Waals surface area contributed by atoms with E-state index in [4.69, 9.17) is 0 Å². The van der Waals surface area contributed by atoms with Gasteiger partial charge < -0.3 is 14.7 Å². The van der Waals surface area contributed by atoms with Gasteiger partial charge in [-0.3, -0.25) is 0 Å². The Labute approximate surface area is 425 Å². The molecule has 2 heterocycles. The molecule has 0 aromatic heterocycles. The van der Waals surface area contributed by atoms with Crippen LogP contribution < -0.4 is 14.7 Å². The zero-order chi connectivity index (χ0) is 49.1. The predicted molar refractivity (Wildman–Crippen MR) is 307 cm³/mol. The van der Waals surface area contributed by atoms with Gasteiger partial charge in [0, 0.05) is 44.5 Å². The van der Waals surface area contributed by atoms with E-state index in [1.807, 2.05) is 6.08 Å².